The number of aryl methyl sites for hydroxylation is 2. The average molecular weight is 480 g/mol. The molecule has 0 spiro atoms. The summed E-state index contributed by atoms with van der Waals surface area (Å²) in [5.41, 5.74) is 4.20. The van der Waals surface area contributed by atoms with Crippen LogP contribution in [-0.4, -0.2) is 24.1 Å². The van der Waals surface area contributed by atoms with Crippen LogP contribution in [0.5, 0.6) is 0 Å². The molecule has 1 aliphatic rings. The third-order valence-electron chi connectivity index (χ3n) is 6.65. The number of fused-ring (bicyclic) bond motifs is 2. The first kappa shape index (κ1) is 22.3. The van der Waals surface area contributed by atoms with E-state index in [2.05, 4.69) is 41.6 Å². The summed E-state index contributed by atoms with van der Waals surface area (Å²) in [5, 5.41) is 9.78. The van der Waals surface area contributed by atoms with Crippen molar-refractivity contribution in [2.75, 3.05) is 0 Å². The van der Waals surface area contributed by atoms with E-state index < -0.39 is 0 Å². The minimum absolute atomic E-state index is 0.0596. The van der Waals surface area contributed by atoms with E-state index in [1.807, 2.05) is 37.4 Å². The molecule has 0 aliphatic heterocycles. The zero-order chi connectivity index (χ0) is 23.3. The van der Waals surface area contributed by atoms with Crippen LogP contribution in [0.3, 0.4) is 0 Å². The van der Waals surface area contributed by atoms with E-state index >= 15 is 0 Å². The SMILES string of the molecule is Cc1cccn2c(=O)cc(CSc3nnc(-c4cc5c(s4)CCC(C(C)(C)C)C5)n3C)nc12. The second-order valence-electron chi connectivity index (χ2n) is 9.99. The van der Waals surface area contributed by atoms with Gasteiger partial charge in [-0.15, -0.1) is 21.5 Å². The summed E-state index contributed by atoms with van der Waals surface area (Å²) in [6.07, 6.45) is 5.32. The van der Waals surface area contributed by atoms with Crippen LogP contribution in [0.15, 0.2) is 40.4 Å². The Balaban J connectivity index is 1.36. The fourth-order valence-electron chi connectivity index (χ4n) is 4.55. The Morgan fingerprint density at radius 3 is 2.85 bits per heavy atom. The Labute approximate surface area is 202 Å². The van der Waals surface area contributed by atoms with Gasteiger partial charge in [-0.05, 0) is 60.8 Å². The smallest absolute Gasteiger partial charge is 0.258 e. The van der Waals surface area contributed by atoms with E-state index in [9.17, 15) is 4.79 Å². The molecule has 0 saturated carbocycles. The molecular weight excluding hydrogens is 450 g/mol. The number of nitrogens with zero attached hydrogens (tertiary/aromatic N) is 5. The molecule has 0 fully saturated rings. The van der Waals surface area contributed by atoms with E-state index in [4.69, 9.17) is 4.98 Å². The number of rotatable bonds is 4. The van der Waals surface area contributed by atoms with Crippen LogP contribution < -0.4 is 5.56 Å². The van der Waals surface area contributed by atoms with Crippen molar-refractivity contribution < 1.29 is 0 Å². The summed E-state index contributed by atoms with van der Waals surface area (Å²) in [4.78, 5) is 19.9. The molecule has 0 amide bonds. The second kappa shape index (κ2) is 8.40. The summed E-state index contributed by atoms with van der Waals surface area (Å²) < 4.78 is 3.65. The van der Waals surface area contributed by atoms with Gasteiger partial charge >= 0.3 is 0 Å². The molecule has 0 radical (unpaired) electrons. The number of hydrogen-bond donors (Lipinski definition) is 0. The van der Waals surface area contributed by atoms with Gasteiger partial charge in [-0.1, -0.05) is 38.6 Å². The lowest BCUT2D eigenvalue weighted by Gasteiger charge is -2.33. The summed E-state index contributed by atoms with van der Waals surface area (Å²) in [5.74, 6) is 2.20. The molecule has 4 aromatic rings. The number of pyridine rings is 1. The zero-order valence-corrected chi connectivity index (χ0v) is 21.4. The van der Waals surface area contributed by atoms with Crippen molar-refractivity contribution in [2.24, 2.45) is 18.4 Å². The van der Waals surface area contributed by atoms with Crippen LogP contribution in [0.1, 0.15) is 48.9 Å². The molecule has 8 heteroatoms. The minimum atomic E-state index is -0.0596. The van der Waals surface area contributed by atoms with Crippen molar-refractivity contribution in [2.45, 2.75) is 57.9 Å². The highest BCUT2D eigenvalue weighted by molar-refractivity contribution is 7.98. The standard InChI is InChI=1S/C25H29N5OS2/c1-15-7-6-10-30-21(31)13-18(26-22(15)30)14-32-24-28-27-23(29(24)5)20-12-16-11-17(25(2,3)4)8-9-19(16)33-20/h6-7,10,12-13,17H,8-9,11,14H2,1-5H3. The lowest BCUT2D eigenvalue weighted by Crippen LogP contribution is -2.26. The summed E-state index contributed by atoms with van der Waals surface area (Å²) in [7, 11) is 2.02. The van der Waals surface area contributed by atoms with E-state index in [1.165, 1.54) is 21.7 Å². The molecule has 33 heavy (non-hydrogen) atoms. The van der Waals surface area contributed by atoms with Gasteiger partial charge in [0.05, 0.1) is 10.6 Å². The molecule has 0 bridgehead atoms. The number of hydrogen-bond acceptors (Lipinski definition) is 6. The van der Waals surface area contributed by atoms with Crippen molar-refractivity contribution in [3.05, 3.63) is 62.5 Å². The highest BCUT2D eigenvalue weighted by atomic mass is 32.2. The molecule has 5 rings (SSSR count). The third kappa shape index (κ3) is 4.26. The van der Waals surface area contributed by atoms with Crippen LogP contribution in [0.2, 0.25) is 0 Å². The molecule has 4 aromatic heterocycles. The predicted molar refractivity (Wildman–Crippen MR) is 135 cm³/mol. The largest absolute Gasteiger partial charge is 0.304 e. The second-order valence-corrected chi connectivity index (χ2v) is 12.1. The number of aromatic nitrogens is 5. The Bertz CT molecular complexity index is 1390. The minimum Gasteiger partial charge on any atom is -0.304 e. The van der Waals surface area contributed by atoms with Gasteiger partial charge in [-0.3, -0.25) is 9.20 Å². The van der Waals surface area contributed by atoms with Gasteiger partial charge in [-0.2, -0.15) is 0 Å². The molecule has 6 nitrogen and oxygen atoms in total. The summed E-state index contributed by atoms with van der Waals surface area (Å²) in [6.45, 7) is 9.02. The zero-order valence-electron chi connectivity index (χ0n) is 19.8. The Kier molecular flexibility index (Phi) is 5.69. The normalized spacial score (nSPS) is 16.3. The molecule has 4 heterocycles. The lowest BCUT2D eigenvalue weighted by molar-refractivity contribution is 0.217. The fourth-order valence-corrected chi connectivity index (χ4v) is 6.58. The molecule has 0 aromatic carbocycles. The van der Waals surface area contributed by atoms with Crippen molar-refractivity contribution in [1.29, 1.82) is 0 Å². The topological polar surface area (TPSA) is 65.1 Å². The number of thiophene rings is 1. The van der Waals surface area contributed by atoms with Crippen LogP contribution in [-0.2, 0) is 25.6 Å². The van der Waals surface area contributed by atoms with Gasteiger partial charge in [-0.25, -0.2) is 4.98 Å². The van der Waals surface area contributed by atoms with Gasteiger partial charge in [0.15, 0.2) is 11.0 Å². The van der Waals surface area contributed by atoms with Gasteiger partial charge in [0.25, 0.3) is 5.56 Å². The van der Waals surface area contributed by atoms with E-state index in [0.29, 0.717) is 16.8 Å². The van der Waals surface area contributed by atoms with Crippen molar-refractivity contribution in [1.82, 2.24) is 24.1 Å². The molecule has 0 N–H and O–H groups in total. The maximum atomic E-state index is 12.5. The maximum Gasteiger partial charge on any atom is 0.258 e. The third-order valence-corrected chi connectivity index (χ3v) is 8.94. The van der Waals surface area contributed by atoms with Crippen LogP contribution >= 0.6 is 23.1 Å². The van der Waals surface area contributed by atoms with E-state index in [-0.39, 0.29) is 5.56 Å². The van der Waals surface area contributed by atoms with Gasteiger partial charge in [0.2, 0.25) is 0 Å². The monoisotopic (exact) mass is 479 g/mol. The summed E-state index contributed by atoms with van der Waals surface area (Å²) in [6, 6.07) is 7.77. The maximum absolute atomic E-state index is 12.5. The van der Waals surface area contributed by atoms with Crippen molar-refractivity contribution in [3.63, 3.8) is 0 Å². The highest BCUT2D eigenvalue weighted by Crippen LogP contribution is 2.42. The predicted octanol–water partition coefficient (Wildman–Crippen LogP) is 5.30. The Morgan fingerprint density at radius 1 is 1.24 bits per heavy atom. The van der Waals surface area contributed by atoms with Gasteiger partial charge < -0.3 is 4.57 Å². The molecule has 1 aliphatic carbocycles. The first-order valence-corrected chi connectivity index (χ1v) is 13.1. The molecule has 0 saturated heterocycles. The molecule has 1 atom stereocenters. The van der Waals surface area contributed by atoms with Crippen LogP contribution in [0.25, 0.3) is 16.3 Å². The summed E-state index contributed by atoms with van der Waals surface area (Å²) >= 11 is 3.42. The molecule has 172 valence electrons. The average Bonchev–Trinajstić information content (AvgIpc) is 3.35. The molecule has 1 unspecified atom stereocenters. The van der Waals surface area contributed by atoms with Crippen LogP contribution in [0.4, 0.5) is 0 Å². The Hall–Kier alpha value is -2.45. The van der Waals surface area contributed by atoms with E-state index in [0.717, 1.165) is 41.0 Å². The van der Waals surface area contributed by atoms with Crippen molar-refractivity contribution in [3.8, 4) is 10.7 Å². The van der Waals surface area contributed by atoms with Gasteiger partial charge in [0, 0.05) is 29.9 Å². The fraction of sp³-hybridized carbons (Fsp3) is 0.440. The van der Waals surface area contributed by atoms with E-state index in [1.54, 1.807) is 28.4 Å². The Morgan fingerprint density at radius 2 is 2.06 bits per heavy atom. The first-order chi connectivity index (χ1) is 15.7. The van der Waals surface area contributed by atoms with Crippen molar-refractivity contribution >= 4 is 28.7 Å². The highest BCUT2D eigenvalue weighted by Gasteiger charge is 2.30. The first-order valence-electron chi connectivity index (χ1n) is 11.3. The molecular formula is C25H29N5OS2. The lowest BCUT2D eigenvalue weighted by atomic mass is 9.72. The number of thioether (sulfide) groups is 1. The quantitative estimate of drug-likeness (QED) is 0.372. The van der Waals surface area contributed by atoms with Gasteiger partial charge in [0.1, 0.15) is 5.65 Å². The van der Waals surface area contributed by atoms with Crippen LogP contribution in [0, 0.1) is 18.3 Å².